The molecule has 0 heterocycles. The van der Waals surface area contributed by atoms with Crippen LogP contribution in [-0.4, -0.2) is 51.0 Å². The van der Waals surface area contributed by atoms with Crippen molar-refractivity contribution in [3.63, 3.8) is 0 Å². The van der Waals surface area contributed by atoms with Crippen LogP contribution in [0.1, 0.15) is 71.6 Å². The van der Waals surface area contributed by atoms with Gasteiger partial charge in [-0.25, -0.2) is 0 Å². The lowest BCUT2D eigenvalue weighted by Gasteiger charge is -2.32. The molecule has 0 radical (unpaired) electrons. The minimum atomic E-state index is -0.707. The molecule has 7 heteroatoms. The van der Waals surface area contributed by atoms with Crippen LogP contribution in [0, 0.1) is 0 Å². The van der Waals surface area contributed by atoms with Gasteiger partial charge in [0.25, 0.3) is 0 Å². The van der Waals surface area contributed by atoms with Gasteiger partial charge in [0.15, 0.2) is 5.96 Å². The molecule has 2 fully saturated rings. The number of nitrogens with one attached hydrogen (secondary N) is 2. The second kappa shape index (κ2) is 11.7. The van der Waals surface area contributed by atoms with E-state index < -0.39 is 16.4 Å². The van der Waals surface area contributed by atoms with Gasteiger partial charge in [0.05, 0.1) is 12.1 Å². The highest BCUT2D eigenvalue weighted by Gasteiger charge is 2.29. The van der Waals surface area contributed by atoms with E-state index in [1.165, 1.54) is 6.42 Å². The van der Waals surface area contributed by atoms with Gasteiger partial charge in [0, 0.05) is 34.4 Å². The number of nitrogens with zero attached hydrogens (tertiary/aromatic N) is 1. The van der Waals surface area contributed by atoms with Gasteiger partial charge in [0.1, 0.15) is 0 Å². The minimum Gasteiger partial charge on any atom is -0.388 e. The van der Waals surface area contributed by atoms with E-state index in [0.29, 0.717) is 17.8 Å². The third-order valence-electron chi connectivity index (χ3n) is 5.28. The molecule has 0 aromatic heterocycles. The molecule has 3 N–H and O–H groups in total. The lowest BCUT2D eigenvalue weighted by molar-refractivity contribution is 0.0131. The SMILES string of the molecule is CCNC(=NCC1(O)CCCCC1)NC1CCCC(S(=O)CC)C1.I. The first-order chi connectivity index (χ1) is 11.6. The summed E-state index contributed by atoms with van der Waals surface area (Å²) in [7, 11) is -0.707. The highest BCUT2D eigenvalue weighted by atomic mass is 127. The molecular weight excluding hydrogens is 449 g/mol. The van der Waals surface area contributed by atoms with Gasteiger partial charge in [-0.3, -0.25) is 9.20 Å². The summed E-state index contributed by atoms with van der Waals surface area (Å²) in [5.74, 6) is 1.54. The quantitative estimate of drug-likeness (QED) is 0.307. The van der Waals surface area contributed by atoms with Crippen molar-refractivity contribution in [1.29, 1.82) is 0 Å². The third-order valence-corrected chi connectivity index (χ3v) is 7.02. The molecule has 25 heavy (non-hydrogen) atoms. The molecule has 3 unspecified atom stereocenters. The normalized spacial score (nSPS) is 27.9. The van der Waals surface area contributed by atoms with E-state index >= 15 is 0 Å². The second-order valence-electron chi connectivity index (χ2n) is 7.28. The van der Waals surface area contributed by atoms with Crippen LogP contribution < -0.4 is 10.6 Å². The van der Waals surface area contributed by atoms with Gasteiger partial charge < -0.3 is 15.7 Å². The average molecular weight is 485 g/mol. The minimum absolute atomic E-state index is 0. The van der Waals surface area contributed by atoms with Crippen LogP contribution in [0.5, 0.6) is 0 Å². The molecule has 0 aliphatic heterocycles. The van der Waals surface area contributed by atoms with Crippen molar-refractivity contribution in [2.45, 2.75) is 88.5 Å². The summed E-state index contributed by atoms with van der Waals surface area (Å²) in [5, 5.41) is 17.8. The van der Waals surface area contributed by atoms with E-state index in [-0.39, 0.29) is 24.0 Å². The van der Waals surface area contributed by atoms with Gasteiger partial charge in [-0.1, -0.05) is 32.6 Å². The fourth-order valence-corrected chi connectivity index (χ4v) is 5.21. The summed E-state index contributed by atoms with van der Waals surface area (Å²) in [6.07, 6.45) is 9.40. The number of halogens is 1. The second-order valence-corrected chi connectivity index (χ2v) is 9.28. The van der Waals surface area contributed by atoms with Gasteiger partial charge >= 0.3 is 0 Å². The fourth-order valence-electron chi connectivity index (χ4n) is 3.86. The molecule has 148 valence electrons. The van der Waals surface area contributed by atoms with E-state index in [2.05, 4.69) is 22.5 Å². The van der Waals surface area contributed by atoms with Crippen LogP contribution in [-0.2, 0) is 10.8 Å². The van der Waals surface area contributed by atoms with Crippen LogP contribution in [0.3, 0.4) is 0 Å². The predicted molar refractivity (Wildman–Crippen MR) is 117 cm³/mol. The molecule has 3 atom stereocenters. The van der Waals surface area contributed by atoms with Crippen LogP contribution in [0.2, 0.25) is 0 Å². The lowest BCUT2D eigenvalue weighted by Crippen LogP contribution is -2.47. The van der Waals surface area contributed by atoms with Gasteiger partial charge in [0.2, 0.25) is 0 Å². The molecule has 0 aromatic rings. The summed E-state index contributed by atoms with van der Waals surface area (Å²) >= 11 is 0. The number of guanidine groups is 1. The van der Waals surface area contributed by atoms with Gasteiger partial charge in [-0.2, -0.15) is 0 Å². The molecule has 0 bridgehead atoms. The van der Waals surface area contributed by atoms with Crippen LogP contribution in [0.25, 0.3) is 0 Å². The number of aliphatic hydroxyl groups is 1. The Labute approximate surface area is 172 Å². The highest BCUT2D eigenvalue weighted by Crippen LogP contribution is 2.28. The smallest absolute Gasteiger partial charge is 0.191 e. The third kappa shape index (κ3) is 7.71. The maximum atomic E-state index is 12.1. The summed E-state index contributed by atoms with van der Waals surface area (Å²) < 4.78 is 12.1. The van der Waals surface area contributed by atoms with Crippen molar-refractivity contribution in [2.75, 3.05) is 18.8 Å². The zero-order valence-electron chi connectivity index (χ0n) is 15.8. The molecule has 2 aliphatic carbocycles. The number of aliphatic imine (C=N–C) groups is 1. The molecule has 0 amide bonds. The molecule has 5 nitrogen and oxygen atoms in total. The topological polar surface area (TPSA) is 73.7 Å². The molecule has 2 aliphatic rings. The van der Waals surface area contributed by atoms with Crippen LogP contribution in [0.15, 0.2) is 4.99 Å². The summed E-state index contributed by atoms with van der Waals surface area (Å²) in [4.78, 5) is 4.66. The van der Waals surface area contributed by atoms with E-state index in [1.807, 2.05) is 6.92 Å². The Morgan fingerprint density at radius 3 is 2.56 bits per heavy atom. The molecule has 0 aromatic carbocycles. The predicted octanol–water partition coefficient (Wildman–Crippen LogP) is 2.93. The maximum absolute atomic E-state index is 12.1. The lowest BCUT2D eigenvalue weighted by atomic mass is 9.85. The Hall–Kier alpha value is 0.110. The summed E-state index contributed by atoms with van der Waals surface area (Å²) in [5.41, 5.74) is -0.626. The first-order valence-corrected chi connectivity index (χ1v) is 11.1. The molecule has 0 saturated heterocycles. The molecule has 0 spiro atoms. The van der Waals surface area contributed by atoms with Gasteiger partial charge in [-0.15, -0.1) is 24.0 Å². The van der Waals surface area contributed by atoms with E-state index in [9.17, 15) is 9.32 Å². The first kappa shape index (κ1) is 23.1. The molecule has 2 saturated carbocycles. The van der Waals surface area contributed by atoms with Crippen LogP contribution >= 0.6 is 24.0 Å². The zero-order valence-corrected chi connectivity index (χ0v) is 18.9. The van der Waals surface area contributed by atoms with Crippen molar-refractivity contribution in [1.82, 2.24) is 10.6 Å². The Morgan fingerprint density at radius 1 is 1.20 bits per heavy atom. The van der Waals surface area contributed by atoms with Crippen molar-refractivity contribution in [3.8, 4) is 0 Å². The monoisotopic (exact) mass is 485 g/mol. The van der Waals surface area contributed by atoms with Crippen molar-refractivity contribution in [2.24, 2.45) is 4.99 Å². The van der Waals surface area contributed by atoms with Crippen molar-refractivity contribution >= 4 is 40.7 Å². The Kier molecular flexibility index (Phi) is 10.9. The Balaban J connectivity index is 0.00000312. The van der Waals surface area contributed by atoms with Crippen molar-refractivity contribution in [3.05, 3.63) is 0 Å². The Bertz CT molecular complexity index is 442. The largest absolute Gasteiger partial charge is 0.388 e. The van der Waals surface area contributed by atoms with Crippen molar-refractivity contribution < 1.29 is 9.32 Å². The van der Waals surface area contributed by atoms with Crippen LogP contribution in [0.4, 0.5) is 0 Å². The van der Waals surface area contributed by atoms with Gasteiger partial charge in [-0.05, 0) is 39.0 Å². The Morgan fingerprint density at radius 2 is 1.92 bits per heavy atom. The standard InChI is InChI=1S/C18H35N3O2S.HI/c1-3-19-17(20-14-18(22)11-6-5-7-12-18)21-15-9-8-10-16(13-15)24(23)4-2;/h15-16,22H,3-14H2,1-2H3,(H2,19,20,21);1H. The average Bonchev–Trinajstić information content (AvgIpc) is 2.60. The zero-order chi connectivity index (χ0) is 17.4. The first-order valence-electron chi connectivity index (χ1n) is 9.70. The molecular formula is C18H36IN3O2S. The highest BCUT2D eigenvalue weighted by molar-refractivity contribution is 14.0. The summed E-state index contributed by atoms with van der Waals surface area (Å²) in [6, 6.07) is 0.332. The fraction of sp³-hybridized carbons (Fsp3) is 0.944. The van der Waals surface area contributed by atoms with E-state index in [4.69, 9.17) is 0 Å². The molecule has 2 rings (SSSR count). The number of rotatable bonds is 6. The summed E-state index contributed by atoms with van der Waals surface area (Å²) in [6.45, 7) is 5.34. The maximum Gasteiger partial charge on any atom is 0.191 e. The van der Waals surface area contributed by atoms with E-state index in [1.54, 1.807) is 0 Å². The number of hydrogen-bond acceptors (Lipinski definition) is 3. The number of hydrogen-bond donors (Lipinski definition) is 3. The van der Waals surface area contributed by atoms with E-state index in [0.717, 1.165) is 69.6 Å².